The standard InChI is InChI=1S/C16H16Cl2FNO/c1-16(2,3)14-6-10(9-17)7-15(20-14)21-11-4-5-13(19)12(18)8-11/h4-8H,9H2,1-3H3. The first-order valence-electron chi connectivity index (χ1n) is 6.50. The summed E-state index contributed by atoms with van der Waals surface area (Å²) in [6.07, 6.45) is 0. The topological polar surface area (TPSA) is 22.1 Å². The summed E-state index contributed by atoms with van der Waals surface area (Å²) in [6.45, 7) is 6.18. The van der Waals surface area contributed by atoms with Gasteiger partial charge < -0.3 is 4.74 Å². The van der Waals surface area contributed by atoms with Crippen LogP contribution in [0.25, 0.3) is 0 Å². The minimum Gasteiger partial charge on any atom is -0.439 e. The first kappa shape index (κ1) is 16.1. The van der Waals surface area contributed by atoms with E-state index < -0.39 is 5.82 Å². The van der Waals surface area contributed by atoms with Crippen molar-refractivity contribution in [2.75, 3.05) is 0 Å². The van der Waals surface area contributed by atoms with Crippen molar-refractivity contribution in [1.82, 2.24) is 4.98 Å². The summed E-state index contributed by atoms with van der Waals surface area (Å²) in [7, 11) is 0. The molecule has 0 N–H and O–H groups in total. The summed E-state index contributed by atoms with van der Waals surface area (Å²) in [5, 5.41) is 0.0112. The van der Waals surface area contributed by atoms with Crippen molar-refractivity contribution in [1.29, 1.82) is 0 Å². The molecule has 0 amide bonds. The van der Waals surface area contributed by atoms with Crippen LogP contribution in [0.5, 0.6) is 11.6 Å². The van der Waals surface area contributed by atoms with E-state index >= 15 is 0 Å². The van der Waals surface area contributed by atoms with Gasteiger partial charge in [0.15, 0.2) is 0 Å². The molecule has 0 atom stereocenters. The maximum atomic E-state index is 13.2. The van der Waals surface area contributed by atoms with E-state index in [1.54, 1.807) is 6.07 Å². The van der Waals surface area contributed by atoms with E-state index in [2.05, 4.69) is 25.8 Å². The number of nitrogens with zero attached hydrogens (tertiary/aromatic N) is 1. The lowest BCUT2D eigenvalue weighted by atomic mass is 9.91. The van der Waals surface area contributed by atoms with Gasteiger partial charge in [-0.15, -0.1) is 11.6 Å². The van der Waals surface area contributed by atoms with Gasteiger partial charge >= 0.3 is 0 Å². The summed E-state index contributed by atoms with van der Waals surface area (Å²) in [4.78, 5) is 4.48. The lowest BCUT2D eigenvalue weighted by Crippen LogP contribution is -2.14. The third kappa shape index (κ3) is 4.08. The number of alkyl halides is 1. The Morgan fingerprint density at radius 2 is 1.90 bits per heavy atom. The number of ether oxygens (including phenoxy) is 1. The monoisotopic (exact) mass is 327 g/mol. The highest BCUT2D eigenvalue weighted by Crippen LogP contribution is 2.29. The highest BCUT2D eigenvalue weighted by molar-refractivity contribution is 6.30. The van der Waals surface area contributed by atoms with Gasteiger partial charge in [0.2, 0.25) is 5.88 Å². The molecule has 5 heteroatoms. The molecule has 112 valence electrons. The molecule has 2 nitrogen and oxygen atoms in total. The maximum absolute atomic E-state index is 13.2. The first-order chi connectivity index (χ1) is 9.79. The van der Waals surface area contributed by atoms with E-state index in [0.717, 1.165) is 11.3 Å². The Balaban J connectivity index is 2.36. The molecule has 0 saturated carbocycles. The average Bonchev–Trinajstić information content (AvgIpc) is 2.41. The van der Waals surface area contributed by atoms with Gasteiger partial charge in [-0.25, -0.2) is 9.37 Å². The molecule has 0 aliphatic carbocycles. The van der Waals surface area contributed by atoms with Crippen molar-refractivity contribution >= 4 is 23.2 Å². The zero-order valence-electron chi connectivity index (χ0n) is 12.1. The lowest BCUT2D eigenvalue weighted by molar-refractivity contribution is 0.450. The molecule has 0 saturated heterocycles. The molecular formula is C16H16Cl2FNO. The Kier molecular flexibility index (Phi) is 4.74. The summed E-state index contributed by atoms with van der Waals surface area (Å²) in [5.74, 6) is 0.731. The maximum Gasteiger partial charge on any atom is 0.219 e. The number of hydrogen-bond acceptors (Lipinski definition) is 2. The molecule has 0 aliphatic rings. The van der Waals surface area contributed by atoms with Gasteiger partial charge in [0.1, 0.15) is 11.6 Å². The Labute approximate surface area is 133 Å². The van der Waals surface area contributed by atoms with E-state index in [1.165, 1.54) is 18.2 Å². The van der Waals surface area contributed by atoms with Gasteiger partial charge in [0.05, 0.1) is 10.7 Å². The molecule has 21 heavy (non-hydrogen) atoms. The molecule has 0 bridgehead atoms. The van der Waals surface area contributed by atoms with E-state index in [1.807, 2.05) is 6.07 Å². The van der Waals surface area contributed by atoms with Crippen LogP contribution in [-0.2, 0) is 11.3 Å². The van der Waals surface area contributed by atoms with Gasteiger partial charge in [0.25, 0.3) is 0 Å². The number of benzene rings is 1. The van der Waals surface area contributed by atoms with Crippen molar-refractivity contribution in [2.45, 2.75) is 32.1 Å². The molecule has 0 aliphatic heterocycles. The SMILES string of the molecule is CC(C)(C)c1cc(CCl)cc(Oc2ccc(F)c(Cl)c2)n1. The highest BCUT2D eigenvalue weighted by atomic mass is 35.5. The second-order valence-electron chi connectivity index (χ2n) is 5.76. The predicted octanol–water partition coefficient (Wildman–Crippen LogP) is 5.70. The Morgan fingerprint density at radius 3 is 2.48 bits per heavy atom. The van der Waals surface area contributed by atoms with Gasteiger partial charge in [-0.1, -0.05) is 32.4 Å². The Bertz CT molecular complexity index is 653. The van der Waals surface area contributed by atoms with E-state index in [4.69, 9.17) is 27.9 Å². The minimum absolute atomic E-state index is 0.0112. The second kappa shape index (κ2) is 6.20. The molecule has 0 radical (unpaired) electrons. The van der Waals surface area contributed by atoms with Crippen LogP contribution in [-0.4, -0.2) is 4.98 Å². The van der Waals surface area contributed by atoms with Crippen LogP contribution in [0, 0.1) is 5.82 Å². The molecule has 0 unspecified atom stereocenters. The largest absolute Gasteiger partial charge is 0.439 e. The van der Waals surface area contributed by atoms with Crippen LogP contribution < -0.4 is 4.74 Å². The van der Waals surface area contributed by atoms with Crippen LogP contribution in [0.2, 0.25) is 5.02 Å². The molecule has 0 fully saturated rings. The van der Waals surface area contributed by atoms with E-state index in [-0.39, 0.29) is 10.4 Å². The fourth-order valence-corrected chi connectivity index (χ4v) is 2.06. The molecule has 1 aromatic carbocycles. The van der Waals surface area contributed by atoms with Crippen molar-refractivity contribution in [3.63, 3.8) is 0 Å². The molecule has 2 rings (SSSR count). The molecule has 1 aromatic heterocycles. The normalized spacial score (nSPS) is 11.5. The second-order valence-corrected chi connectivity index (χ2v) is 6.43. The number of pyridine rings is 1. The quantitative estimate of drug-likeness (QED) is 0.674. The smallest absolute Gasteiger partial charge is 0.219 e. The van der Waals surface area contributed by atoms with Crippen LogP contribution in [0.3, 0.4) is 0 Å². The highest BCUT2D eigenvalue weighted by Gasteiger charge is 2.18. The number of hydrogen-bond donors (Lipinski definition) is 0. The molecular weight excluding hydrogens is 312 g/mol. The van der Waals surface area contributed by atoms with Gasteiger partial charge in [-0.05, 0) is 23.8 Å². The summed E-state index contributed by atoms with van der Waals surface area (Å²) >= 11 is 11.7. The molecule has 1 heterocycles. The van der Waals surface area contributed by atoms with Crippen LogP contribution >= 0.6 is 23.2 Å². The van der Waals surface area contributed by atoms with Crippen molar-refractivity contribution in [2.24, 2.45) is 0 Å². The number of halogens is 3. The fourth-order valence-electron chi connectivity index (χ4n) is 1.73. The minimum atomic E-state index is -0.484. The van der Waals surface area contributed by atoms with Gasteiger partial charge in [-0.2, -0.15) is 0 Å². The number of aromatic nitrogens is 1. The van der Waals surface area contributed by atoms with Gasteiger partial charge in [0, 0.05) is 23.4 Å². The lowest BCUT2D eigenvalue weighted by Gasteiger charge is -2.19. The summed E-state index contributed by atoms with van der Waals surface area (Å²) < 4.78 is 18.8. The fraction of sp³-hybridized carbons (Fsp3) is 0.312. The van der Waals surface area contributed by atoms with Crippen molar-refractivity contribution in [3.05, 3.63) is 52.4 Å². The average molecular weight is 328 g/mol. The Hall–Kier alpha value is -1.32. The first-order valence-corrected chi connectivity index (χ1v) is 7.41. The van der Waals surface area contributed by atoms with Crippen molar-refractivity contribution < 1.29 is 9.13 Å². The van der Waals surface area contributed by atoms with Crippen LogP contribution in [0.15, 0.2) is 30.3 Å². The third-order valence-electron chi connectivity index (χ3n) is 2.90. The summed E-state index contributed by atoms with van der Waals surface area (Å²) in [5.41, 5.74) is 1.67. The van der Waals surface area contributed by atoms with E-state index in [9.17, 15) is 4.39 Å². The summed E-state index contributed by atoms with van der Waals surface area (Å²) in [6, 6.07) is 7.90. The third-order valence-corrected chi connectivity index (χ3v) is 3.50. The zero-order chi connectivity index (χ0) is 15.6. The Morgan fingerprint density at radius 1 is 1.19 bits per heavy atom. The van der Waals surface area contributed by atoms with Gasteiger partial charge in [-0.3, -0.25) is 0 Å². The number of rotatable bonds is 3. The molecule has 2 aromatic rings. The van der Waals surface area contributed by atoms with E-state index in [0.29, 0.717) is 17.5 Å². The predicted molar refractivity (Wildman–Crippen MR) is 84.0 cm³/mol. The van der Waals surface area contributed by atoms with Crippen LogP contribution in [0.1, 0.15) is 32.0 Å². The van der Waals surface area contributed by atoms with Crippen molar-refractivity contribution in [3.8, 4) is 11.6 Å². The molecule has 0 spiro atoms. The van der Waals surface area contributed by atoms with Crippen LogP contribution in [0.4, 0.5) is 4.39 Å². The zero-order valence-corrected chi connectivity index (χ0v) is 13.6.